The summed E-state index contributed by atoms with van der Waals surface area (Å²) >= 11 is 6.22. The summed E-state index contributed by atoms with van der Waals surface area (Å²) in [4.78, 5) is 19.0. The number of nitrogens with zero attached hydrogens (tertiary/aromatic N) is 5. The van der Waals surface area contributed by atoms with Crippen LogP contribution in [0.15, 0.2) is 48.9 Å². The lowest BCUT2D eigenvalue weighted by Crippen LogP contribution is -1.99. The van der Waals surface area contributed by atoms with Crippen LogP contribution in [0.4, 0.5) is 5.69 Å². The third kappa shape index (κ3) is 3.14. The number of hydrogen-bond donors (Lipinski definition) is 0. The van der Waals surface area contributed by atoms with E-state index in [0.29, 0.717) is 33.2 Å². The Balaban J connectivity index is 1.73. The third-order valence-electron chi connectivity index (χ3n) is 4.31. The van der Waals surface area contributed by atoms with Gasteiger partial charge in [0.1, 0.15) is 17.5 Å². The van der Waals surface area contributed by atoms with E-state index in [9.17, 15) is 10.1 Å². The van der Waals surface area contributed by atoms with E-state index >= 15 is 0 Å². The van der Waals surface area contributed by atoms with Crippen LogP contribution in [-0.4, -0.2) is 24.7 Å². The fourth-order valence-electron chi connectivity index (χ4n) is 2.81. The van der Waals surface area contributed by atoms with Gasteiger partial charge in [-0.2, -0.15) is 5.10 Å². The molecule has 4 aromatic rings. The lowest BCUT2D eigenvalue weighted by atomic mass is 10.2. The molecule has 0 amide bonds. The Morgan fingerprint density at radius 1 is 1.11 bits per heavy atom. The molecule has 9 heteroatoms. The molecule has 0 N–H and O–H groups in total. The molecular weight excluding hydrogens is 382 g/mol. The van der Waals surface area contributed by atoms with Crippen LogP contribution >= 0.6 is 11.6 Å². The highest BCUT2D eigenvalue weighted by atomic mass is 35.5. The number of halogens is 1. The first kappa shape index (κ1) is 17.9. The number of aromatic nitrogens is 4. The number of rotatable bonds is 4. The number of hydrogen-bond acceptors (Lipinski definition) is 6. The van der Waals surface area contributed by atoms with Crippen molar-refractivity contribution in [2.45, 2.75) is 13.8 Å². The molecule has 0 saturated heterocycles. The molecule has 0 aliphatic rings. The van der Waals surface area contributed by atoms with Crippen molar-refractivity contribution in [1.82, 2.24) is 19.7 Å². The summed E-state index contributed by atoms with van der Waals surface area (Å²) in [5.74, 6) is 0.747. The van der Waals surface area contributed by atoms with Crippen LogP contribution < -0.4 is 4.74 Å². The van der Waals surface area contributed by atoms with Crippen LogP contribution in [0.1, 0.15) is 11.1 Å². The van der Waals surface area contributed by atoms with Crippen molar-refractivity contribution in [2.75, 3.05) is 0 Å². The molecule has 0 unspecified atom stereocenters. The van der Waals surface area contributed by atoms with Gasteiger partial charge in [-0.15, -0.1) is 0 Å². The number of nitro benzene ring substituents is 1. The van der Waals surface area contributed by atoms with Gasteiger partial charge in [0.15, 0.2) is 5.65 Å². The molecule has 0 fully saturated rings. The first-order valence-electron chi connectivity index (χ1n) is 8.32. The van der Waals surface area contributed by atoms with Gasteiger partial charge in [-0.05, 0) is 43.7 Å². The second-order valence-electron chi connectivity index (χ2n) is 6.21. The molecule has 28 heavy (non-hydrogen) atoms. The largest absolute Gasteiger partial charge is 0.438 e. The van der Waals surface area contributed by atoms with Crippen molar-refractivity contribution in [3.8, 4) is 17.3 Å². The SMILES string of the molecule is Cc1ccc(-n2ncc3c(Oc4ccc([N+](=O)[O-])c(C)c4)ncnc32)cc1Cl. The standard InChI is InChI=1S/C19H14ClN5O3/c1-11-3-4-13(8-16(11)20)24-18-15(9-23-24)19(22-10-21-18)28-14-5-6-17(25(26)27)12(2)7-14/h3-10H,1-2H3. The number of aryl methyl sites for hydroxylation is 2. The maximum absolute atomic E-state index is 11.0. The maximum atomic E-state index is 11.0. The fraction of sp³-hybridized carbons (Fsp3) is 0.105. The van der Waals surface area contributed by atoms with Crippen molar-refractivity contribution in [3.05, 3.63) is 75.2 Å². The summed E-state index contributed by atoms with van der Waals surface area (Å²) in [7, 11) is 0. The summed E-state index contributed by atoms with van der Waals surface area (Å²) in [6, 6.07) is 10.1. The lowest BCUT2D eigenvalue weighted by molar-refractivity contribution is -0.385. The molecule has 2 heterocycles. The predicted molar refractivity (Wildman–Crippen MR) is 104 cm³/mol. The summed E-state index contributed by atoms with van der Waals surface area (Å²) in [5.41, 5.74) is 2.82. The van der Waals surface area contributed by atoms with Gasteiger partial charge in [-0.1, -0.05) is 17.7 Å². The topological polar surface area (TPSA) is 96.0 Å². The van der Waals surface area contributed by atoms with Crippen molar-refractivity contribution in [2.24, 2.45) is 0 Å². The van der Waals surface area contributed by atoms with E-state index in [-0.39, 0.29) is 5.69 Å². The van der Waals surface area contributed by atoms with Gasteiger partial charge in [-0.25, -0.2) is 14.6 Å². The zero-order valence-electron chi connectivity index (χ0n) is 15.0. The monoisotopic (exact) mass is 395 g/mol. The molecule has 0 spiro atoms. The van der Waals surface area contributed by atoms with Crippen LogP contribution in [-0.2, 0) is 0 Å². The van der Waals surface area contributed by atoms with Gasteiger partial charge in [0.25, 0.3) is 5.69 Å². The predicted octanol–water partition coefficient (Wildman–Crippen LogP) is 4.79. The van der Waals surface area contributed by atoms with Gasteiger partial charge < -0.3 is 4.74 Å². The second kappa shape index (κ2) is 6.90. The Morgan fingerprint density at radius 3 is 2.64 bits per heavy atom. The minimum atomic E-state index is -0.432. The fourth-order valence-corrected chi connectivity index (χ4v) is 2.99. The Bertz CT molecular complexity index is 1220. The third-order valence-corrected chi connectivity index (χ3v) is 4.72. The first-order chi connectivity index (χ1) is 13.4. The van der Waals surface area contributed by atoms with Gasteiger partial charge in [0, 0.05) is 16.7 Å². The highest BCUT2D eigenvalue weighted by molar-refractivity contribution is 6.31. The van der Waals surface area contributed by atoms with E-state index in [4.69, 9.17) is 16.3 Å². The molecule has 0 aliphatic carbocycles. The van der Waals surface area contributed by atoms with Crippen molar-refractivity contribution < 1.29 is 9.66 Å². The smallest absolute Gasteiger partial charge is 0.272 e. The highest BCUT2D eigenvalue weighted by Crippen LogP contribution is 2.30. The molecule has 0 atom stereocenters. The second-order valence-corrected chi connectivity index (χ2v) is 6.62. The van der Waals surface area contributed by atoms with E-state index in [2.05, 4.69) is 15.1 Å². The molecule has 4 rings (SSSR count). The number of ether oxygens (including phenoxy) is 1. The summed E-state index contributed by atoms with van der Waals surface area (Å²) < 4.78 is 7.50. The van der Waals surface area contributed by atoms with Crippen molar-refractivity contribution >= 4 is 28.3 Å². The average molecular weight is 396 g/mol. The molecule has 2 aromatic heterocycles. The van der Waals surface area contributed by atoms with Gasteiger partial charge in [0.2, 0.25) is 5.88 Å². The Morgan fingerprint density at radius 2 is 1.93 bits per heavy atom. The van der Waals surface area contributed by atoms with Crippen LogP contribution in [0.2, 0.25) is 5.02 Å². The van der Waals surface area contributed by atoms with Crippen LogP contribution in [0.25, 0.3) is 16.7 Å². The van der Waals surface area contributed by atoms with Crippen molar-refractivity contribution in [1.29, 1.82) is 0 Å². The zero-order chi connectivity index (χ0) is 19.8. The van der Waals surface area contributed by atoms with Gasteiger partial charge >= 0.3 is 0 Å². The minimum Gasteiger partial charge on any atom is -0.438 e. The molecular formula is C19H14ClN5O3. The van der Waals surface area contributed by atoms with Gasteiger partial charge in [0.05, 0.1) is 16.8 Å². The summed E-state index contributed by atoms with van der Waals surface area (Å²) in [6.45, 7) is 3.58. The lowest BCUT2D eigenvalue weighted by Gasteiger charge is -2.08. The van der Waals surface area contributed by atoms with E-state index in [0.717, 1.165) is 11.3 Å². The van der Waals surface area contributed by atoms with E-state index in [1.165, 1.54) is 18.5 Å². The maximum Gasteiger partial charge on any atom is 0.272 e. The highest BCUT2D eigenvalue weighted by Gasteiger charge is 2.15. The van der Waals surface area contributed by atoms with E-state index < -0.39 is 4.92 Å². The molecule has 8 nitrogen and oxygen atoms in total. The Kier molecular flexibility index (Phi) is 4.40. The summed E-state index contributed by atoms with van der Waals surface area (Å²) in [6.07, 6.45) is 2.99. The molecule has 0 saturated carbocycles. The molecule has 140 valence electrons. The summed E-state index contributed by atoms with van der Waals surface area (Å²) in [5, 5.41) is 16.6. The molecule has 2 aromatic carbocycles. The average Bonchev–Trinajstić information content (AvgIpc) is 3.09. The van der Waals surface area contributed by atoms with Crippen LogP contribution in [0, 0.1) is 24.0 Å². The Labute approximate surface area is 164 Å². The normalized spacial score (nSPS) is 11.0. The first-order valence-corrected chi connectivity index (χ1v) is 8.70. The quantitative estimate of drug-likeness (QED) is 0.364. The van der Waals surface area contributed by atoms with Crippen LogP contribution in [0.5, 0.6) is 11.6 Å². The van der Waals surface area contributed by atoms with E-state index in [1.807, 2.05) is 25.1 Å². The Hall–Kier alpha value is -3.52. The van der Waals surface area contributed by atoms with E-state index in [1.54, 1.807) is 23.9 Å². The minimum absolute atomic E-state index is 0.0317. The van der Waals surface area contributed by atoms with Crippen molar-refractivity contribution in [3.63, 3.8) is 0 Å². The molecule has 0 aliphatic heterocycles. The number of benzene rings is 2. The van der Waals surface area contributed by atoms with Gasteiger partial charge in [-0.3, -0.25) is 10.1 Å². The zero-order valence-corrected chi connectivity index (χ0v) is 15.7. The van der Waals surface area contributed by atoms with Crippen LogP contribution in [0.3, 0.4) is 0 Å². The number of fused-ring (bicyclic) bond motifs is 1. The molecule has 0 radical (unpaired) electrons. The molecule has 0 bridgehead atoms. The number of nitro groups is 1.